The lowest BCUT2D eigenvalue weighted by Crippen LogP contribution is -2.41. The van der Waals surface area contributed by atoms with E-state index in [9.17, 15) is 9.83 Å². The fourth-order valence-electron chi connectivity index (χ4n) is 2.81. The molecule has 130 valence electrons. The highest BCUT2D eigenvalue weighted by atomic mass is 35.5. The number of nitriles is 1. The molecule has 3 aromatic rings. The lowest BCUT2D eigenvalue weighted by molar-refractivity contribution is 0.532. The summed E-state index contributed by atoms with van der Waals surface area (Å²) >= 11 is 5.97. The highest BCUT2D eigenvalue weighted by molar-refractivity contribution is 7.77. The van der Waals surface area contributed by atoms with Crippen molar-refractivity contribution in [3.63, 3.8) is 0 Å². The summed E-state index contributed by atoms with van der Waals surface area (Å²) in [5.74, 6) is 0. The molecule has 0 aliphatic heterocycles. The molecule has 0 aliphatic rings. The molecule has 0 amide bonds. The molecule has 1 N–H and O–H groups in total. The van der Waals surface area contributed by atoms with E-state index < -0.39 is 12.8 Å². The third-order valence-electron chi connectivity index (χ3n) is 4.27. The van der Waals surface area contributed by atoms with Gasteiger partial charge in [-0.2, -0.15) is 5.26 Å². The van der Waals surface area contributed by atoms with E-state index in [1.165, 1.54) is 0 Å². The molecule has 0 unspecified atom stereocenters. The Kier molecular flexibility index (Phi) is 5.30. The number of hydrogen-bond donors (Lipinski definition) is 1. The lowest BCUT2D eigenvalue weighted by Gasteiger charge is -2.30. The SMILES string of the molecule is C[C@](C#N)(NP(=O)(c1ccccc1)c1ccccc1)c1ccc(Cl)cc1. The molecule has 0 aromatic heterocycles. The first-order chi connectivity index (χ1) is 12.5. The molecule has 0 saturated carbocycles. The minimum absolute atomic E-state index is 0.586. The van der Waals surface area contributed by atoms with Gasteiger partial charge in [0.05, 0.1) is 6.07 Å². The van der Waals surface area contributed by atoms with Crippen LogP contribution in [0, 0.1) is 11.3 Å². The van der Waals surface area contributed by atoms with E-state index in [1.807, 2.05) is 60.7 Å². The van der Waals surface area contributed by atoms with E-state index in [2.05, 4.69) is 11.2 Å². The van der Waals surface area contributed by atoms with Crippen LogP contribution >= 0.6 is 18.9 Å². The second-order valence-electron chi connectivity index (χ2n) is 6.14. The Labute approximate surface area is 158 Å². The molecule has 26 heavy (non-hydrogen) atoms. The molecule has 1 atom stereocenters. The first-order valence-corrected chi connectivity index (χ1v) is 10.2. The maximum absolute atomic E-state index is 14.1. The fourth-order valence-corrected chi connectivity index (χ4v) is 5.48. The average Bonchev–Trinajstić information content (AvgIpc) is 2.69. The van der Waals surface area contributed by atoms with Crippen molar-refractivity contribution in [2.45, 2.75) is 12.5 Å². The summed E-state index contributed by atoms with van der Waals surface area (Å²) in [6.07, 6.45) is 0. The smallest absolute Gasteiger partial charge is 0.206 e. The number of rotatable bonds is 5. The molecule has 0 saturated heterocycles. The molecule has 0 radical (unpaired) electrons. The van der Waals surface area contributed by atoms with Gasteiger partial charge < -0.3 is 0 Å². The standard InChI is InChI=1S/C21H18ClN2OP/c1-21(16-23,17-12-14-18(22)15-13-17)24-26(25,19-8-4-2-5-9-19)20-10-6-3-7-11-20/h2-15H,1H3,(H,24,25)/t21-/m1/s1. The predicted octanol–water partition coefficient (Wildman–Crippen LogP) is 4.60. The Hall–Kier alpha value is -2.37. The van der Waals surface area contributed by atoms with Crippen LogP contribution in [-0.2, 0) is 10.1 Å². The molecular weight excluding hydrogens is 363 g/mol. The Morgan fingerprint density at radius 3 is 1.77 bits per heavy atom. The molecule has 0 spiro atoms. The highest BCUT2D eigenvalue weighted by Gasteiger charge is 2.37. The summed E-state index contributed by atoms with van der Waals surface area (Å²) in [5, 5.41) is 15.0. The Morgan fingerprint density at radius 1 is 0.885 bits per heavy atom. The Morgan fingerprint density at radius 2 is 1.35 bits per heavy atom. The first-order valence-electron chi connectivity index (χ1n) is 8.16. The summed E-state index contributed by atoms with van der Waals surface area (Å²) in [6, 6.07) is 27.7. The molecule has 0 bridgehead atoms. The zero-order valence-electron chi connectivity index (χ0n) is 14.3. The normalized spacial score (nSPS) is 13.6. The Balaban J connectivity index is 2.13. The van der Waals surface area contributed by atoms with E-state index in [0.717, 1.165) is 0 Å². The number of nitrogens with zero attached hydrogens (tertiary/aromatic N) is 1. The van der Waals surface area contributed by atoms with Crippen LogP contribution in [0.5, 0.6) is 0 Å². The van der Waals surface area contributed by atoms with Crippen LogP contribution in [0.1, 0.15) is 12.5 Å². The zero-order chi connectivity index (χ0) is 18.6. The van der Waals surface area contributed by atoms with Gasteiger partial charge in [0, 0.05) is 15.6 Å². The molecule has 0 aliphatic carbocycles. The van der Waals surface area contributed by atoms with Gasteiger partial charge >= 0.3 is 0 Å². The van der Waals surface area contributed by atoms with E-state index in [0.29, 0.717) is 21.2 Å². The van der Waals surface area contributed by atoms with Gasteiger partial charge in [-0.3, -0.25) is 4.57 Å². The summed E-state index contributed by atoms with van der Waals surface area (Å²) < 4.78 is 14.1. The number of hydrogen-bond acceptors (Lipinski definition) is 2. The quantitative estimate of drug-likeness (QED) is 0.658. The van der Waals surface area contributed by atoms with Crippen LogP contribution in [-0.4, -0.2) is 0 Å². The van der Waals surface area contributed by atoms with Crippen molar-refractivity contribution in [2.24, 2.45) is 0 Å². The largest absolute Gasteiger partial charge is 0.296 e. The number of nitrogens with one attached hydrogen (secondary N) is 1. The van der Waals surface area contributed by atoms with Crippen LogP contribution in [0.2, 0.25) is 5.02 Å². The maximum atomic E-state index is 14.1. The van der Waals surface area contributed by atoms with Gasteiger partial charge in [-0.05, 0) is 48.9 Å². The summed E-state index contributed by atoms with van der Waals surface area (Å²) in [4.78, 5) is 0. The molecule has 0 fully saturated rings. The molecule has 3 aromatic carbocycles. The minimum Gasteiger partial charge on any atom is -0.296 e. The average molecular weight is 381 g/mol. The van der Waals surface area contributed by atoms with E-state index >= 15 is 0 Å². The van der Waals surface area contributed by atoms with Crippen molar-refractivity contribution in [3.8, 4) is 6.07 Å². The van der Waals surface area contributed by atoms with Crippen molar-refractivity contribution < 1.29 is 4.57 Å². The van der Waals surface area contributed by atoms with Crippen molar-refractivity contribution in [1.29, 1.82) is 5.26 Å². The van der Waals surface area contributed by atoms with Crippen LogP contribution in [0.3, 0.4) is 0 Å². The van der Waals surface area contributed by atoms with Gasteiger partial charge in [-0.25, -0.2) is 5.09 Å². The Bertz CT molecular complexity index is 925. The van der Waals surface area contributed by atoms with Crippen LogP contribution in [0.15, 0.2) is 84.9 Å². The van der Waals surface area contributed by atoms with Crippen LogP contribution in [0.4, 0.5) is 0 Å². The second kappa shape index (κ2) is 7.48. The van der Waals surface area contributed by atoms with Gasteiger partial charge in [-0.1, -0.05) is 60.1 Å². The van der Waals surface area contributed by atoms with Crippen molar-refractivity contribution >= 4 is 29.5 Å². The third-order valence-corrected chi connectivity index (χ3v) is 7.33. The van der Waals surface area contributed by atoms with E-state index in [1.54, 1.807) is 31.2 Å². The molecule has 3 nitrogen and oxygen atoms in total. The lowest BCUT2D eigenvalue weighted by atomic mass is 9.95. The van der Waals surface area contributed by atoms with E-state index in [-0.39, 0.29) is 0 Å². The van der Waals surface area contributed by atoms with Gasteiger partial charge in [0.25, 0.3) is 0 Å². The second-order valence-corrected chi connectivity index (χ2v) is 9.05. The van der Waals surface area contributed by atoms with Crippen molar-refractivity contribution in [1.82, 2.24) is 5.09 Å². The molecular formula is C21H18ClN2OP. The van der Waals surface area contributed by atoms with Gasteiger partial charge in [0.2, 0.25) is 7.29 Å². The van der Waals surface area contributed by atoms with Gasteiger partial charge in [0.15, 0.2) is 0 Å². The number of benzene rings is 3. The van der Waals surface area contributed by atoms with E-state index in [4.69, 9.17) is 11.6 Å². The molecule has 5 heteroatoms. The maximum Gasteiger partial charge on any atom is 0.206 e. The summed E-state index contributed by atoms with van der Waals surface area (Å²) in [7, 11) is -3.24. The van der Waals surface area contributed by atoms with Gasteiger partial charge in [0.1, 0.15) is 5.54 Å². The fraction of sp³-hybridized carbons (Fsp3) is 0.0952. The van der Waals surface area contributed by atoms with Crippen LogP contribution < -0.4 is 15.7 Å². The molecule has 3 rings (SSSR count). The predicted molar refractivity (Wildman–Crippen MR) is 107 cm³/mol. The highest BCUT2D eigenvalue weighted by Crippen LogP contribution is 2.43. The van der Waals surface area contributed by atoms with Crippen molar-refractivity contribution in [3.05, 3.63) is 95.5 Å². The summed E-state index contributed by atoms with van der Waals surface area (Å²) in [6.45, 7) is 1.73. The zero-order valence-corrected chi connectivity index (χ0v) is 15.9. The first kappa shape index (κ1) is 18.4. The van der Waals surface area contributed by atoms with Crippen molar-refractivity contribution in [2.75, 3.05) is 0 Å². The topological polar surface area (TPSA) is 52.9 Å². The monoisotopic (exact) mass is 380 g/mol. The third kappa shape index (κ3) is 3.59. The summed E-state index contributed by atoms with van der Waals surface area (Å²) in [5.41, 5.74) is -0.442. The molecule has 0 heterocycles. The number of halogens is 1. The van der Waals surface area contributed by atoms with Gasteiger partial charge in [-0.15, -0.1) is 0 Å². The van der Waals surface area contributed by atoms with Crippen LogP contribution in [0.25, 0.3) is 0 Å². The minimum atomic E-state index is -3.24.